The van der Waals surface area contributed by atoms with Crippen molar-refractivity contribution in [3.8, 4) is 11.5 Å². The standard InChI is InChI=1S/C28H28N2O5S/c1-3-12-34-23-7-5-6-19-15-20(24(17-22(19)23)35-13-4-2)16-25-27(33)30-28(36-25)29-21-10-8-18(9-11-21)14-26(31)32/h5-11,15-17H,3-4,12-14H2,1-2H3,(H,31,32)(H,29,30,33). The Balaban J connectivity index is 1.57. The van der Waals surface area contributed by atoms with Gasteiger partial charge in [0.25, 0.3) is 5.91 Å². The van der Waals surface area contributed by atoms with E-state index in [9.17, 15) is 9.59 Å². The molecule has 0 unspecified atom stereocenters. The largest absolute Gasteiger partial charge is 0.493 e. The number of amidine groups is 1. The molecule has 0 bridgehead atoms. The first-order valence-corrected chi connectivity index (χ1v) is 12.7. The molecule has 1 heterocycles. The molecular formula is C28H28N2O5S. The highest BCUT2D eigenvalue weighted by molar-refractivity contribution is 8.18. The van der Waals surface area contributed by atoms with Gasteiger partial charge in [-0.25, -0.2) is 0 Å². The second-order valence-corrected chi connectivity index (χ2v) is 9.32. The van der Waals surface area contributed by atoms with Gasteiger partial charge >= 0.3 is 5.97 Å². The second kappa shape index (κ2) is 11.8. The van der Waals surface area contributed by atoms with Crippen molar-refractivity contribution in [1.29, 1.82) is 0 Å². The summed E-state index contributed by atoms with van der Waals surface area (Å²) in [6, 6.07) is 16.9. The fourth-order valence-corrected chi connectivity index (χ4v) is 4.51. The molecular weight excluding hydrogens is 476 g/mol. The molecule has 7 nitrogen and oxygen atoms in total. The second-order valence-electron chi connectivity index (χ2n) is 8.29. The molecule has 1 amide bonds. The zero-order valence-electron chi connectivity index (χ0n) is 20.2. The maximum Gasteiger partial charge on any atom is 0.307 e. The Bertz CT molecular complexity index is 1330. The maximum absolute atomic E-state index is 12.7. The summed E-state index contributed by atoms with van der Waals surface area (Å²) in [6.07, 6.45) is 3.55. The van der Waals surface area contributed by atoms with E-state index in [0.29, 0.717) is 34.6 Å². The highest BCUT2D eigenvalue weighted by Crippen LogP contribution is 2.36. The molecule has 2 N–H and O–H groups in total. The molecule has 0 aromatic heterocycles. The molecule has 0 saturated heterocycles. The van der Waals surface area contributed by atoms with E-state index < -0.39 is 5.97 Å². The summed E-state index contributed by atoms with van der Waals surface area (Å²) in [4.78, 5) is 28.2. The average Bonchev–Trinajstić information content (AvgIpc) is 3.20. The van der Waals surface area contributed by atoms with Crippen LogP contribution in [0.1, 0.15) is 37.8 Å². The lowest BCUT2D eigenvalue weighted by Crippen LogP contribution is -2.05. The predicted octanol–water partition coefficient (Wildman–Crippen LogP) is 6.13. The highest BCUT2D eigenvalue weighted by Gasteiger charge is 2.23. The first kappa shape index (κ1) is 25.3. The molecule has 1 aliphatic heterocycles. The number of rotatable bonds is 10. The van der Waals surface area contributed by atoms with Crippen LogP contribution in [0.3, 0.4) is 0 Å². The summed E-state index contributed by atoms with van der Waals surface area (Å²) in [7, 11) is 0. The van der Waals surface area contributed by atoms with Crippen LogP contribution in [0.2, 0.25) is 0 Å². The van der Waals surface area contributed by atoms with Crippen molar-refractivity contribution < 1.29 is 24.2 Å². The number of hydrogen-bond donors (Lipinski definition) is 2. The monoisotopic (exact) mass is 504 g/mol. The van der Waals surface area contributed by atoms with Crippen molar-refractivity contribution in [2.45, 2.75) is 33.1 Å². The number of carboxylic acid groups (broad SMARTS) is 1. The van der Waals surface area contributed by atoms with Crippen molar-refractivity contribution in [3.05, 3.63) is 70.6 Å². The predicted molar refractivity (Wildman–Crippen MR) is 145 cm³/mol. The smallest absolute Gasteiger partial charge is 0.307 e. The number of anilines is 1. The topological polar surface area (TPSA) is 97.2 Å². The van der Waals surface area contributed by atoms with Crippen LogP contribution in [0, 0.1) is 0 Å². The van der Waals surface area contributed by atoms with Crippen LogP contribution in [0.25, 0.3) is 16.8 Å². The van der Waals surface area contributed by atoms with Gasteiger partial charge in [0.2, 0.25) is 0 Å². The van der Waals surface area contributed by atoms with Crippen molar-refractivity contribution in [2.24, 2.45) is 4.99 Å². The number of carbonyl (C=O) groups is 2. The van der Waals surface area contributed by atoms with Crippen LogP contribution in [0.5, 0.6) is 11.5 Å². The van der Waals surface area contributed by atoms with E-state index in [1.165, 1.54) is 11.8 Å². The number of carbonyl (C=O) groups excluding carboxylic acids is 1. The number of ether oxygens (including phenoxy) is 2. The SMILES string of the molecule is CCCOc1cc2c(OCCC)cccc2cc1C=C1SC(Nc2ccc(CC(=O)O)cc2)=NC1=O. The molecule has 0 radical (unpaired) electrons. The van der Waals surface area contributed by atoms with Crippen molar-refractivity contribution in [2.75, 3.05) is 18.5 Å². The maximum atomic E-state index is 12.7. The Morgan fingerprint density at radius 2 is 1.75 bits per heavy atom. The van der Waals surface area contributed by atoms with Gasteiger partial charge in [0.1, 0.15) is 11.5 Å². The Hall–Kier alpha value is -3.78. The number of carboxylic acids is 1. The van der Waals surface area contributed by atoms with E-state index >= 15 is 0 Å². The Morgan fingerprint density at radius 1 is 1.03 bits per heavy atom. The third kappa shape index (κ3) is 6.26. The number of nitrogens with one attached hydrogen (secondary N) is 1. The van der Waals surface area contributed by atoms with Gasteiger partial charge in [-0.15, -0.1) is 0 Å². The van der Waals surface area contributed by atoms with Gasteiger partial charge in [0.05, 0.1) is 24.5 Å². The molecule has 0 fully saturated rings. The summed E-state index contributed by atoms with van der Waals surface area (Å²) in [5.41, 5.74) is 2.22. The van der Waals surface area contributed by atoms with Gasteiger partial charge in [0, 0.05) is 16.6 Å². The van der Waals surface area contributed by atoms with E-state index in [1.54, 1.807) is 24.3 Å². The van der Waals surface area contributed by atoms with E-state index in [4.69, 9.17) is 14.6 Å². The minimum Gasteiger partial charge on any atom is -0.493 e. The normalized spacial score (nSPS) is 14.2. The van der Waals surface area contributed by atoms with Crippen LogP contribution < -0.4 is 14.8 Å². The minimum absolute atomic E-state index is 0.0399. The zero-order valence-corrected chi connectivity index (χ0v) is 21.1. The van der Waals surface area contributed by atoms with Gasteiger partial charge in [-0.05, 0) is 72.0 Å². The Morgan fingerprint density at radius 3 is 2.44 bits per heavy atom. The van der Waals surface area contributed by atoms with Crippen molar-refractivity contribution in [1.82, 2.24) is 0 Å². The molecule has 1 aliphatic rings. The summed E-state index contributed by atoms with van der Waals surface area (Å²) >= 11 is 1.25. The first-order chi connectivity index (χ1) is 17.5. The molecule has 3 aromatic rings. The molecule has 0 saturated carbocycles. The number of nitrogens with zero attached hydrogens (tertiary/aromatic N) is 1. The lowest BCUT2D eigenvalue weighted by atomic mass is 10.0. The van der Waals surface area contributed by atoms with Gasteiger partial charge in [-0.2, -0.15) is 4.99 Å². The quantitative estimate of drug-likeness (QED) is 0.321. The van der Waals surface area contributed by atoms with Crippen LogP contribution in [0.15, 0.2) is 64.5 Å². The lowest BCUT2D eigenvalue weighted by Gasteiger charge is -2.14. The van der Waals surface area contributed by atoms with E-state index in [2.05, 4.69) is 17.2 Å². The fourth-order valence-electron chi connectivity index (χ4n) is 3.69. The van der Waals surface area contributed by atoms with Gasteiger partial charge in [0.15, 0.2) is 5.17 Å². The zero-order chi connectivity index (χ0) is 25.5. The number of aliphatic imine (C=N–C) groups is 1. The molecule has 0 atom stereocenters. The molecule has 4 rings (SSSR count). The van der Waals surface area contributed by atoms with Crippen molar-refractivity contribution >= 4 is 51.3 Å². The number of benzene rings is 3. The molecule has 186 valence electrons. The number of amides is 1. The van der Waals surface area contributed by atoms with E-state index in [0.717, 1.165) is 40.6 Å². The highest BCUT2D eigenvalue weighted by atomic mass is 32.2. The lowest BCUT2D eigenvalue weighted by molar-refractivity contribution is -0.136. The summed E-state index contributed by atoms with van der Waals surface area (Å²) < 4.78 is 12.0. The van der Waals surface area contributed by atoms with Gasteiger partial charge < -0.3 is 19.9 Å². The molecule has 3 aromatic carbocycles. The van der Waals surface area contributed by atoms with Crippen LogP contribution in [0.4, 0.5) is 5.69 Å². The van der Waals surface area contributed by atoms with E-state index in [1.807, 2.05) is 43.3 Å². The Labute approximate surface area is 214 Å². The van der Waals surface area contributed by atoms with Crippen LogP contribution >= 0.6 is 11.8 Å². The fraction of sp³-hybridized carbons (Fsp3) is 0.250. The molecule has 8 heteroatoms. The summed E-state index contributed by atoms with van der Waals surface area (Å²) in [5, 5.41) is 14.5. The van der Waals surface area contributed by atoms with Crippen LogP contribution in [-0.2, 0) is 16.0 Å². The number of aliphatic carboxylic acids is 1. The molecule has 0 aliphatic carbocycles. The van der Waals surface area contributed by atoms with Crippen molar-refractivity contribution in [3.63, 3.8) is 0 Å². The number of fused-ring (bicyclic) bond motifs is 1. The van der Waals surface area contributed by atoms with Gasteiger partial charge in [-0.3, -0.25) is 9.59 Å². The third-order valence-corrected chi connectivity index (χ3v) is 6.26. The third-order valence-electron chi connectivity index (χ3n) is 5.36. The minimum atomic E-state index is -0.882. The number of thioether (sulfide) groups is 1. The summed E-state index contributed by atoms with van der Waals surface area (Å²) in [6.45, 7) is 5.31. The molecule has 36 heavy (non-hydrogen) atoms. The van der Waals surface area contributed by atoms with Crippen LogP contribution in [-0.4, -0.2) is 35.4 Å². The first-order valence-electron chi connectivity index (χ1n) is 11.9. The molecule has 0 spiro atoms. The average molecular weight is 505 g/mol. The Kier molecular flexibility index (Phi) is 8.28. The van der Waals surface area contributed by atoms with E-state index in [-0.39, 0.29) is 12.3 Å². The summed E-state index contributed by atoms with van der Waals surface area (Å²) in [5.74, 6) is 0.290. The number of hydrogen-bond acceptors (Lipinski definition) is 6. The van der Waals surface area contributed by atoms with Gasteiger partial charge in [-0.1, -0.05) is 38.1 Å².